The second-order valence-corrected chi connectivity index (χ2v) is 4.78. The van der Waals surface area contributed by atoms with Crippen molar-refractivity contribution in [1.82, 2.24) is 9.80 Å². The van der Waals surface area contributed by atoms with Crippen LogP contribution in [0.5, 0.6) is 0 Å². The van der Waals surface area contributed by atoms with Gasteiger partial charge in [0.05, 0.1) is 0 Å². The Balaban J connectivity index is 1.99. The summed E-state index contributed by atoms with van der Waals surface area (Å²) in [6.07, 6.45) is 1.20. The fourth-order valence-corrected chi connectivity index (χ4v) is 2.74. The summed E-state index contributed by atoms with van der Waals surface area (Å²) in [5.74, 6) is 0.498. The predicted molar refractivity (Wildman–Crippen MR) is 56.0 cm³/mol. The molecule has 2 fully saturated rings. The largest absolute Gasteiger partial charge is 0.337 e. The van der Waals surface area contributed by atoms with Gasteiger partial charge in [0, 0.05) is 31.1 Å². The molecule has 2 atom stereocenters. The third-order valence-corrected chi connectivity index (χ3v) is 3.54. The number of fused-ring (bicyclic) bond motifs is 2. The van der Waals surface area contributed by atoms with E-state index in [1.807, 2.05) is 13.8 Å². The minimum absolute atomic E-state index is 0.157. The maximum absolute atomic E-state index is 11.8. The molecule has 2 aliphatic heterocycles. The van der Waals surface area contributed by atoms with Gasteiger partial charge in [0.15, 0.2) is 0 Å². The van der Waals surface area contributed by atoms with Crippen LogP contribution in [0.3, 0.4) is 0 Å². The van der Waals surface area contributed by atoms with Gasteiger partial charge >= 0.3 is 0 Å². The zero-order valence-electron chi connectivity index (χ0n) is 9.36. The van der Waals surface area contributed by atoms with E-state index in [-0.39, 0.29) is 5.92 Å². The van der Waals surface area contributed by atoms with E-state index in [1.54, 1.807) is 0 Å². The summed E-state index contributed by atoms with van der Waals surface area (Å²) < 4.78 is 0. The van der Waals surface area contributed by atoms with Crippen molar-refractivity contribution >= 4 is 5.91 Å². The SMILES string of the molecule is CCN1C[C@@H]2C[C@H]1CN2C(=O)C(C)C. The lowest BCUT2D eigenvalue weighted by atomic mass is 10.1. The summed E-state index contributed by atoms with van der Waals surface area (Å²) in [6.45, 7) is 9.38. The van der Waals surface area contributed by atoms with E-state index in [0.29, 0.717) is 18.0 Å². The summed E-state index contributed by atoms with van der Waals surface area (Å²) in [5.41, 5.74) is 0. The Kier molecular flexibility index (Phi) is 2.52. The molecule has 0 unspecified atom stereocenters. The number of likely N-dealkylation sites (N-methyl/N-ethyl adjacent to an activating group) is 1. The highest BCUT2D eigenvalue weighted by atomic mass is 16.2. The molecule has 0 N–H and O–H groups in total. The first-order chi connectivity index (χ1) is 6.63. The third kappa shape index (κ3) is 1.44. The molecule has 3 nitrogen and oxygen atoms in total. The summed E-state index contributed by atoms with van der Waals surface area (Å²) in [6, 6.07) is 1.16. The second kappa shape index (κ2) is 3.54. The van der Waals surface area contributed by atoms with E-state index in [1.165, 1.54) is 6.42 Å². The number of amides is 1. The molecule has 2 rings (SSSR count). The van der Waals surface area contributed by atoms with Crippen LogP contribution in [0.1, 0.15) is 27.2 Å². The van der Waals surface area contributed by atoms with Gasteiger partial charge < -0.3 is 4.90 Å². The zero-order valence-corrected chi connectivity index (χ0v) is 9.36. The van der Waals surface area contributed by atoms with Crippen molar-refractivity contribution in [2.45, 2.75) is 39.3 Å². The Bertz CT molecular complexity index is 239. The van der Waals surface area contributed by atoms with Crippen LogP contribution in [-0.2, 0) is 4.79 Å². The van der Waals surface area contributed by atoms with Gasteiger partial charge in [0.1, 0.15) is 0 Å². The maximum Gasteiger partial charge on any atom is 0.225 e. The van der Waals surface area contributed by atoms with Gasteiger partial charge in [-0.1, -0.05) is 20.8 Å². The molecule has 2 heterocycles. The molecule has 80 valence electrons. The molecule has 2 saturated heterocycles. The number of rotatable bonds is 2. The minimum Gasteiger partial charge on any atom is -0.337 e. The summed E-state index contributed by atoms with van der Waals surface area (Å²) in [7, 11) is 0. The van der Waals surface area contributed by atoms with Gasteiger partial charge in [-0.3, -0.25) is 9.69 Å². The number of hydrogen-bond acceptors (Lipinski definition) is 2. The molecular formula is C11H20N2O. The molecule has 2 bridgehead atoms. The Morgan fingerprint density at radius 1 is 1.36 bits per heavy atom. The minimum atomic E-state index is 0.157. The molecule has 0 saturated carbocycles. The first-order valence-electron chi connectivity index (χ1n) is 5.68. The fraction of sp³-hybridized carbons (Fsp3) is 0.909. The lowest BCUT2D eigenvalue weighted by Gasteiger charge is -2.34. The standard InChI is InChI=1S/C11H20N2O/c1-4-12-6-10-5-9(12)7-13(10)11(14)8(2)3/h8-10H,4-7H2,1-3H3/t9-,10-/m0/s1. The summed E-state index contributed by atoms with van der Waals surface area (Å²) in [5, 5.41) is 0. The van der Waals surface area contributed by atoms with Crippen LogP contribution in [0.2, 0.25) is 0 Å². The van der Waals surface area contributed by atoms with E-state index < -0.39 is 0 Å². The van der Waals surface area contributed by atoms with Crippen LogP contribution in [0.15, 0.2) is 0 Å². The number of nitrogens with zero attached hydrogens (tertiary/aromatic N) is 2. The number of hydrogen-bond donors (Lipinski definition) is 0. The average molecular weight is 196 g/mol. The van der Waals surface area contributed by atoms with Crippen molar-refractivity contribution < 1.29 is 4.79 Å². The lowest BCUT2D eigenvalue weighted by Crippen LogP contribution is -2.49. The van der Waals surface area contributed by atoms with Crippen LogP contribution in [0.25, 0.3) is 0 Å². The van der Waals surface area contributed by atoms with Gasteiger partial charge in [-0.2, -0.15) is 0 Å². The number of piperazine rings is 1. The quantitative estimate of drug-likeness (QED) is 0.656. The van der Waals surface area contributed by atoms with E-state index in [4.69, 9.17) is 0 Å². The Morgan fingerprint density at radius 2 is 2.07 bits per heavy atom. The topological polar surface area (TPSA) is 23.6 Å². The van der Waals surface area contributed by atoms with E-state index in [0.717, 1.165) is 19.6 Å². The molecule has 0 radical (unpaired) electrons. The van der Waals surface area contributed by atoms with Crippen molar-refractivity contribution in [3.05, 3.63) is 0 Å². The predicted octanol–water partition coefficient (Wildman–Crippen LogP) is 0.947. The Hall–Kier alpha value is -0.570. The maximum atomic E-state index is 11.8. The van der Waals surface area contributed by atoms with Gasteiger partial charge in [0.25, 0.3) is 0 Å². The molecule has 0 spiro atoms. The summed E-state index contributed by atoms with van der Waals surface area (Å²) in [4.78, 5) is 16.4. The summed E-state index contributed by atoms with van der Waals surface area (Å²) >= 11 is 0. The van der Waals surface area contributed by atoms with E-state index in [9.17, 15) is 4.79 Å². The molecule has 0 aromatic carbocycles. The van der Waals surface area contributed by atoms with Crippen molar-refractivity contribution in [2.24, 2.45) is 5.92 Å². The molecule has 2 aliphatic rings. The number of carbonyl (C=O) groups is 1. The van der Waals surface area contributed by atoms with Crippen LogP contribution in [0.4, 0.5) is 0 Å². The van der Waals surface area contributed by atoms with Crippen molar-refractivity contribution in [2.75, 3.05) is 19.6 Å². The molecule has 0 aromatic heterocycles. The zero-order chi connectivity index (χ0) is 10.3. The van der Waals surface area contributed by atoms with E-state index >= 15 is 0 Å². The normalized spacial score (nSPS) is 31.9. The molecule has 3 heteroatoms. The van der Waals surface area contributed by atoms with Crippen LogP contribution in [0, 0.1) is 5.92 Å². The monoisotopic (exact) mass is 196 g/mol. The average Bonchev–Trinajstić information content (AvgIpc) is 2.74. The molecule has 0 aliphatic carbocycles. The molecular weight excluding hydrogens is 176 g/mol. The van der Waals surface area contributed by atoms with Gasteiger partial charge in [-0.15, -0.1) is 0 Å². The Morgan fingerprint density at radius 3 is 2.50 bits per heavy atom. The van der Waals surface area contributed by atoms with Gasteiger partial charge in [-0.25, -0.2) is 0 Å². The second-order valence-electron chi connectivity index (χ2n) is 4.78. The van der Waals surface area contributed by atoms with Crippen LogP contribution >= 0.6 is 0 Å². The Labute approximate surface area is 86.1 Å². The highest BCUT2D eigenvalue weighted by Crippen LogP contribution is 2.31. The van der Waals surface area contributed by atoms with Gasteiger partial charge in [0.2, 0.25) is 5.91 Å². The molecule has 14 heavy (non-hydrogen) atoms. The fourth-order valence-electron chi connectivity index (χ4n) is 2.74. The van der Waals surface area contributed by atoms with Crippen molar-refractivity contribution in [1.29, 1.82) is 0 Å². The number of likely N-dealkylation sites (tertiary alicyclic amines) is 2. The van der Waals surface area contributed by atoms with Gasteiger partial charge in [-0.05, 0) is 13.0 Å². The molecule has 0 aromatic rings. The number of carbonyl (C=O) groups excluding carboxylic acids is 1. The first-order valence-corrected chi connectivity index (χ1v) is 5.68. The molecule has 1 amide bonds. The first kappa shape index (κ1) is 9.97. The van der Waals surface area contributed by atoms with Crippen LogP contribution < -0.4 is 0 Å². The smallest absolute Gasteiger partial charge is 0.225 e. The highest BCUT2D eigenvalue weighted by molar-refractivity contribution is 5.79. The van der Waals surface area contributed by atoms with Crippen LogP contribution in [-0.4, -0.2) is 47.4 Å². The van der Waals surface area contributed by atoms with Crippen molar-refractivity contribution in [3.63, 3.8) is 0 Å². The highest BCUT2D eigenvalue weighted by Gasteiger charge is 2.44. The van der Waals surface area contributed by atoms with Crippen molar-refractivity contribution in [3.8, 4) is 0 Å². The van der Waals surface area contributed by atoms with E-state index in [2.05, 4.69) is 16.7 Å². The lowest BCUT2D eigenvalue weighted by molar-refractivity contribution is -0.136. The third-order valence-electron chi connectivity index (χ3n) is 3.54.